The van der Waals surface area contributed by atoms with Crippen molar-refractivity contribution in [2.75, 3.05) is 25.1 Å². The van der Waals surface area contributed by atoms with E-state index < -0.39 is 108 Å². The molecule has 0 spiro atoms. The number of phenolic OH excluding ortho intramolecular Hbond substituents is 2. The number of aliphatic hydroxyl groups excluding tert-OH is 1. The van der Waals surface area contributed by atoms with Gasteiger partial charge in [0.15, 0.2) is 0 Å². The summed E-state index contributed by atoms with van der Waals surface area (Å²) in [6, 6.07) is 12.4. The van der Waals surface area contributed by atoms with Gasteiger partial charge in [0.2, 0.25) is 53.2 Å². The molecule has 0 radical (unpaired) electrons. The highest BCUT2D eigenvalue weighted by molar-refractivity contribution is 8.76. The van der Waals surface area contributed by atoms with E-state index in [2.05, 4.69) is 31.9 Å². The van der Waals surface area contributed by atoms with Crippen LogP contribution >= 0.6 is 33.2 Å². The smallest absolute Gasteiger partial charge is 0.248 e. The summed E-state index contributed by atoms with van der Waals surface area (Å²) in [6.45, 7) is 1.42. The van der Waals surface area contributed by atoms with Gasteiger partial charge in [-0.1, -0.05) is 81.7 Å². The first-order valence-corrected chi connectivity index (χ1v) is 28.3. The predicted molar refractivity (Wildman–Crippen MR) is 302 cm³/mol. The van der Waals surface area contributed by atoms with Crippen molar-refractivity contribution in [2.45, 2.75) is 106 Å². The fourth-order valence-corrected chi connectivity index (χ4v) is 10.8. The number of likely N-dealkylation sites (N-methyl/N-ethyl adjacent to an activating group) is 1. The zero-order chi connectivity index (χ0) is 58.6. The molecule has 0 bridgehead atoms. The Balaban J connectivity index is 1.60. The van der Waals surface area contributed by atoms with Crippen molar-refractivity contribution >= 4 is 86.4 Å². The average Bonchev–Trinajstić information content (AvgIpc) is 3.42. The largest absolute Gasteiger partial charge is 0.508 e. The van der Waals surface area contributed by atoms with E-state index in [4.69, 9.17) is 34.5 Å². The van der Waals surface area contributed by atoms with Gasteiger partial charge in [-0.05, 0) is 110 Å². The van der Waals surface area contributed by atoms with Crippen molar-refractivity contribution in [1.29, 1.82) is 0 Å². The summed E-state index contributed by atoms with van der Waals surface area (Å²) in [4.78, 5) is 127. The Labute approximate surface area is 475 Å². The zero-order valence-corrected chi connectivity index (χ0v) is 46.4. The van der Waals surface area contributed by atoms with Crippen LogP contribution in [0.2, 0.25) is 5.02 Å². The van der Waals surface area contributed by atoms with Crippen molar-refractivity contribution in [3.63, 3.8) is 0 Å². The molecule has 430 valence electrons. The summed E-state index contributed by atoms with van der Waals surface area (Å²) in [7, 11) is 3.25. The summed E-state index contributed by atoms with van der Waals surface area (Å²) >= 11 is 6.08. The number of hydrogen-bond donors (Lipinski definition) is 13. The molecule has 1 saturated heterocycles. The number of phenols is 2. The van der Waals surface area contributed by atoms with Gasteiger partial charge in [0.25, 0.3) is 0 Å². The maximum Gasteiger partial charge on any atom is 0.248 e. The van der Waals surface area contributed by atoms with Gasteiger partial charge in [0.05, 0.1) is 12.1 Å². The monoisotopic (exact) mass is 1160 g/mol. The quantitative estimate of drug-likeness (QED) is 0.0419. The molecule has 1 heterocycles. The molecule has 80 heavy (non-hydrogen) atoms. The highest BCUT2D eigenvalue weighted by atomic mass is 35.5. The Hall–Kier alpha value is -7.42. The number of nitrogens with one attached hydrogen (secondary N) is 6. The van der Waals surface area contributed by atoms with E-state index in [1.54, 1.807) is 24.3 Å². The van der Waals surface area contributed by atoms with Crippen LogP contribution in [0, 0.1) is 0 Å². The number of carbonyl (C=O) groups excluding carboxylic acids is 9. The van der Waals surface area contributed by atoms with Crippen LogP contribution in [0.4, 0.5) is 0 Å². The summed E-state index contributed by atoms with van der Waals surface area (Å²) in [5, 5.41) is 47.2. The zero-order valence-electron chi connectivity index (χ0n) is 44.0. The van der Waals surface area contributed by atoms with E-state index in [0.717, 1.165) is 26.5 Å². The summed E-state index contributed by atoms with van der Waals surface area (Å²) in [5.41, 5.74) is 25.6. The first-order valence-electron chi connectivity index (χ1n) is 25.5. The number of hydrogen-bond acceptors (Lipinski definition) is 16. The number of aromatic hydroxyl groups is 2. The minimum Gasteiger partial charge on any atom is -0.508 e. The molecule has 26 heteroatoms. The van der Waals surface area contributed by atoms with Gasteiger partial charge in [-0.15, -0.1) is 0 Å². The van der Waals surface area contributed by atoms with Gasteiger partial charge < -0.3 is 75.1 Å². The minimum absolute atomic E-state index is 0.0273. The topological polar surface area (TPSA) is 394 Å². The van der Waals surface area contributed by atoms with E-state index in [0.29, 0.717) is 33.7 Å². The Morgan fingerprint density at radius 3 is 1.82 bits per heavy atom. The van der Waals surface area contributed by atoms with Crippen LogP contribution in [0.5, 0.6) is 11.5 Å². The highest BCUT2D eigenvalue weighted by Gasteiger charge is 2.38. The molecular weight excluding hydrogens is 1090 g/mol. The van der Waals surface area contributed by atoms with E-state index in [-0.39, 0.29) is 73.6 Å². The van der Waals surface area contributed by atoms with E-state index >= 15 is 4.79 Å². The lowest BCUT2D eigenvalue weighted by atomic mass is 9.99. The number of aliphatic hydroxyl groups is 1. The Morgan fingerprint density at radius 1 is 0.700 bits per heavy atom. The lowest BCUT2D eigenvalue weighted by Gasteiger charge is -2.33. The molecule has 4 aromatic carbocycles. The van der Waals surface area contributed by atoms with Gasteiger partial charge in [-0.25, -0.2) is 0 Å². The van der Waals surface area contributed by atoms with Crippen LogP contribution in [0.25, 0.3) is 0 Å². The van der Waals surface area contributed by atoms with Crippen LogP contribution in [0.3, 0.4) is 0 Å². The molecule has 5 rings (SSSR count). The second kappa shape index (κ2) is 30.8. The van der Waals surface area contributed by atoms with Crippen LogP contribution < -0.4 is 54.8 Å². The van der Waals surface area contributed by atoms with Gasteiger partial charge >= 0.3 is 0 Å². The molecule has 1 aliphatic rings. The number of unbranched alkanes of at least 4 members (excludes halogenated alkanes) is 1. The normalized spacial score (nSPS) is 21.1. The Bertz CT molecular complexity index is 2800. The van der Waals surface area contributed by atoms with Gasteiger partial charge in [-0.2, -0.15) is 0 Å². The standard InChI is InChI=1S/C54H68ClN11O12S2/c1-29(67)45-53(77)63-42(51(75)61-40(47(59)71)24-32-10-18-36(68)19-11-32)27-79-80-28-43(64-48(72)38(57)23-30-8-16-35(55)17-9-30)54(78)66(2)44(26-33-12-20-37(69)21-13-33)52(76)62-41(25-31-6-14-34(15-7-31)46(58)70)50(74)60-39(49(73)65-45)5-3-4-22-56/h6-21,29,38-45,67-69H,3-5,22-28,56-57H2,1-2H3,(H2,58,70)(H2,59,71)(H,60,74)(H,61,75)(H,62,76)(H,63,77)(H,64,72)(H,65,73)/t29-,38+,39?,40-,41-,42+,43-,44+,45+/m1/s1. The molecule has 1 unspecified atom stereocenters. The number of nitrogens with zero attached hydrogens (tertiary/aromatic N) is 1. The van der Waals surface area contributed by atoms with Crippen molar-refractivity contribution in [3.05, 3.63) is 130 Å². The van der Waals surface area contributed by atoms with Crippen LogP contribution in [0.15, 0.2) is 97.1 Å². The molecule has 1 aliphatic heterocycles. The molecule has 4 aromatic rings. The first kappa shape index (κ1) is 63.4. The number of rotatable bonds is 19. The van der Waals surface area contributed by atoms with Gasteiger partial charge in [0, 0.05) is 48.4 Å². The molecule has 0 aromatic heterocycles. The fourth-order valence-electron chi connectivity index (χ4n) is 8.33. The molecule has 9 amide bonds. The van der Waals surface area contributed by atoms with Crippen molar-refractivity contribution in [2.24, 2.45) is 22.9 Å². The Kier molecular flexibility index (Phi) is 24.4. The second-order valence-electron chi connectivity index (χ2n) is 19.2. The Morgan fingerprint density at radius 2 is 1.24 bits per heavy atom. The average molecular weight is 1160 g/mol. The second-order valence-corrected chi connectivity index (χ2v) is 22.2. The van der Waals surface area contributed by atoms with Crippen LogP contribution in [-0.2, 0) is 64.0 Å². The van der Waals surface area contributed by atoms with E-state index in [1.165, 1.54) is 86.8 Å². The number of benzene rings is 4. The first-order chi connectivity index (χ1) is 38.0. The number of halogens is 1. The van der Waals surface area contributed by atoms with E-state index in [9.17, 15) is 53.7 Å². The van der Waals surface area contributed by atoms with Crippen molar-refractivity contribution < 1.29 is 58.5 Å². The van der Waals surface area contributed by atoms with Crippen molar-refractivity contribution in [3.8, 4) is 11.5 Å². The highest BCUT2D eigenvalue weighted by Crippen LogP contribution is 2.25. The van der Waals surface area contributed by atoms with Gasteiger partial charge in [0.1, 0.15) is 53.8 Å². The minimum atomic E-state index is -1.76. The maximum absolute atomic E-state index is 15.0. The van der Waals surface area contributed by atoms with Crippen molar-refractivity contribution in [1.82, 2.24) is 36.8 Å². The third-order valence-electron chi connectivity index (χ3n) is 13.0. The van der Waals surface area contributed by atoms with E-state index in [1.807, 2.05) is 0 Å². The lowest BCUT2D eigenvalue weighted by Crippen LogP contribution is -2.62. The van der Waals surface area contributed by atoms with Crippen LogP contribution in [0.1, 0.15) is 58.8 Å². The maximum atomic E-state index is 15.0. The molecule has 0 aliphatic carbocycles. The summed E-state index contributed by atoms with van der Waals surface area (Å²) < 4.78 is 0. The molecule has 0 saturated carbocycles. The van der Waals surface area contributed by atoms with Gasteiger partial charge in [-0.3, -0.25) is 43.2 Å². The third-order valence-corrected chi connectivity index (χ3v) is 15.7. The number of carbonyl (C=O) groups is 9. The summed E-state index contributed by atoms with van der Waals surface area (Å²) in [6.07, 6.45) is -1.54. The third kappa shape index (κ3) is 19.4. The van der Waals surface area contributed by atoms with Crippen LogP contribution in [-0.4, -0.2) is 153 Å². The number of nitrogens with two attached hydrogens (primary N) is 4. The fraction of sp³-hybridized carbons (Fsp3) is 0.389. The molecule has 9 atom stereocenters. The molecule has 1 fully saturated rings. The molecule has 23 nitrogen and oxygen atoms in total. The molecule has 17 N–H and O–H groups in total. The number of primary amides is 2. The summed E-state index contributed by atoms with van der Waals surface area (Å²) in [5.74, 6) is -8.62. The SMILES string of the molecule is C[C@@H](O)[C@@H]1NC(=O)C(CCCCN)NC(=O)[C@@H](Cc2ccc(C(N)=O)cc2)NC(=O)[C@H](Cc2ccc(O)cc2)N(C)C(=O)[C@H](NC(=O)[C@@H](N)Cc2ccc(Cl)cc2)CSSC[C@@H](C(=O)N[C@H](Cc2ccc(O)cc2)C(N)=O)NC1=O. The molecular formula is C54H68ClN11O12S2. The number of amides is 9. The lowest BCUT2D eigenvalue weighted by molar-refractivity contribution is -0.142. The predicted octanol–water partition coefficient (Wildman–Crippen LogP) is -0.426.